The minimum absolute atomic E-state index is 0.0806. The molecule has 0 aliphatic heterocycles. The number of hydrogen-bond donors (Lipinski definition) is 4. The molecule has 0 fully saturated rings. The van der Waals surface area contributed by atoms with E-state index in [1.54, 1.807) is 0 Å². The topological polar surface area (TPSA) is 198 Å². The van der Waals surface area contributed by atoms with Crippen LogP contribution in [0.3, 0.4) is 0 Å². The van der Waals surface area contributed by atoms with Crippen LogP contribution in [-0.2, 0) is 34.0 Å². The van der Waals surface area contributed by atoms with Crippen LogP contribution < -0.4 is 5.73 Å². The Labute approximate surface area is 226 Å². The molecule has 12 heteroatoms. The number of carboxylic acid groups (broad SMARTS) is 2. The maximum Gasteiger partial charge on any atom is 0.359 e. The third kappa shape index (κ3) is 12.6. The quantitative estimate of drug-likeness (QED) is 0.0554. The van der Waals surface area contributed by atoms with E-state index in [-0.39, 0.29) is 6.42 Å². The van der Waals surface area contributed by atoms with Crippen LogP contribution in [0.4, 0.5) is 0 Å². The molecular formula is C26H47NO10S. The first kappa shape index (κ1) is 35.8. The van der Waals surface area contributed by atoms with Crippen LogP contribution in [0.2, 0.25) is 0 Å². The zero-order valence-corrected chi connectivity index (χ0v) is 23.7. The van der Waals surface area contributed by atoms with Crippen LogP contribution in [0.15, 0.2) is 0 Å². The standard InChI is InChI=1S/C26H47NO10S/c1-3-4-5-6-7-8-9-10-11-12-13-14-15-16-17-18-19-26(20-21(27)28,38(34,35)36)24(33)37-25(2,22(29)30)23(31)32/h3-20H2,1-2H3,(H2,27,28)(H,29,30)(H,31,32)(H,34,35,36). The largest absolute Gasteiger partial charge is 0.478 e. The van der Waals surface area contributed by atoms with E-state index < -0.39 is 57.1 Å². The van der Waals surface area contributed by atoms with Gasteiger partial charge in [-0.15, -0.1) is 0 Å². The van der Waals surface area contributed by atoms with Crippen molar-refractivity contribution in [1.82, 2.24) is 0 Å². The summed E-state index contributed by atoms with van der Waals surface area (Å²) in [6.45, 7) is 2.76. The van der Waals surface area contributed by atoms with Gasteiger partial charge in [0.15, 0.2) is 0 Å². The number of rotatable bonds is 24. The summed E-state index contributed by atoms with van der Waals surface area (Å²) in [6, 6.07) is 0. The minimum atomic E-state index is -5.33. The lowest BCUT2D eigenvalue weighted by Gasteiger charge is -2.30. The molecule has 0 spiro atoms. The monoisotopic (exact) mass is 565 g/mol. The van der Waals surface area contributed by atoms with Crippen molar-refractivity contribution in [2.75, 3.05) is 0 Å². The van der Waals surface area contributed by atoms with Crippen LogP contribution >= 0.6 is 0 Å². The number of carboxylic acids is 2. The van der Waals surface area contributed by atoms with Gasteiger partial charge in [0, 0.05) is 0 Å². The lowest BCUT2D eigenvalue weighted by molar-refractivity contribution is -0.190. The predicted octanol–water partition coefficient (Wildman–Crippen LogP) is 4.61. The van der Waals surface area contributed by atoms with Crippen molar-refractivity contribution < 1.29 is 47.1 Å². The van der Waals surface area contributed by atoms with Gasteiger partial charge in [-0.3, -0.25) is 14.1 Å². The maximum atomic E-state index is 12.8. The van der Waals surface area contributed by atoms with Crippen LogP contribution in [-0.4, -0.2) is 57.3 Å². The third-order valence-corrected chi connectivity index (χ3v) is 8.38. The first-order valence-corrected chi connectivity index (χ1v) is 15.1. The van der Waals surface area contributed by atoms with E-state index in [4.69, 9.17) is 15.9 Å². The molecule has 1 amide bonds. The number of unbranched alkanes of at least 4 members (excludes halogenated alkanes) is 15. The van der Waals surface area contributed by atoms with Gasteiger partial charge in [0.05, 0.1) is 6.42 Å². The molecule has 0 rings (SSSR count). The first-order valence-electron chi connectivity index (χ1n) is 13.7. The molecule has 0 saturated heterocycles. The number of ether oxygens (including phenoxy) is 1. The van der Waals surface area contributed by atoms with Crippen LogP contribution in [0.5, 0.6) is 0 Å². The Balaban J connectivity index is 4.65. The number of carbonyl (C=O) groups is 4. The highest BCUT2D eigenvalue weighted by molar-refractivity contribution is 7.88. The minimum Gasteiger partial charge on any atom is -0.478 e. The molecule has 0 saturated carbocycles. The zero-order chi connectivity index (χ0) is 29.2. The van der Waals surface area contributed by atoms with Crippen molar-refractivity contribution in [3.63, 3.8) is 0 Å². The molecule has 0 aromatic carbocycles. The van der Waals surface area contributed by atoms with Crippen molar-refractivity contribution in [2.45, 2.75) is 140 Å². The fourth-order valence-electron chi connectivity index (χ4n) is 4.29. The second kappa shape index (κ2) is 18.1. The molecule has 1 unspecified atom stereocenters. The Hall–Kier alpha value is -2.21. The summed E-state index contributed by atoms with van der Waals surface area (Å²) < 4.78 is 35.9. The van der Waals surface area contributed by atoms with Crippen LogP contribution in [0.25, 0.3) is 0 Å². The van der Waals surface area contributed by atoms with Gasteiger partial charge in [-0.25, -0.2) is 9.59 Å². The molecule has 0 heterocycles. The first-order chi connectivity index (χ1) is 17.7. The summed E-state index contributed by atoms with van der Waals surface area (Å²) in [5, 5.41) is 18.3. The van der Waals surface area contributed by atoms with E-state index in [9.17, 15) is 32.1 Å². The second-order valence-electron chi connectivity index (χ2n) is 10.2. The molecule has 5 N–H and O–H groups in total. The van der Waals surface area contributed by atoms with Crippen molar-refractivity contribution >= 4 is 33.9 Å². The highest BCUT2D eigenvalue weighted by Crippen LogP contribution is 2.32. The summed E-state index contributed by atoms with van der Waals surface area (Å²) in [5.41, 5.74) is 1.98. The van der Waals surface area contributed by atoms with Gasteiger partial charge in [0.25, 0.3) is 10.1 Å². The van der Waals surface area contributed by atoms with Gasteiger partial charge >= 0.3 is 23.5 Å². The van der Waals surface area contributed by atoms with Crippen LogP contribution in [0.1, 0.15) is 129 Å². The molecule has 1 atom stereocenters. The smallest absolute Gasteiger partial charge is 0.359 e. The molecule has 0 aromatic rings. The van der Waals surface area contributed by atoms with Gasteiger partial charge in [-0.2, -0.15) is 8.42 Å². The summed E-state index contributed by atoms with van der Waals surface area (Å²) in [5.74, 6) is -7.25. The highest BCUT2D eigenvalue weighted by atomic mass is 32.2. The Morgan fingerprint density at radius 3 is 1.34 bits per heavy atom. The van der Waals surface area contributed by atoms with Gasteiger partial charge in [0.1, 0.15) is 0 Å². The van der Waals surface area contributed by atoms with E-state index in [1.165, 1.54) is 57.8 Å². The fourth-order valence-corrected chi connectivity index (χ4v) is 5.26. The molecule has 38 heavy (non-hydrogen) atoms. The Kier molecular flexibility index (Phi) is 17.1. The number of carbonyl (C=O) groups excluding carboxylic acids is 2. The van der Waals surface area contributed by atoms with E-state index >= 15 is 0 Å². The lowest BCUT2D eigenvalue weighted by Crippen LogP contribution is -2.56. The third-order valence-electron chi connectivity index (χ3n) is 6.87. The number of aliphatic carboxylic acids is 2. The SMILES string of the molecule is CCCCCCCCCCCCCCCCCCC(CC(N)=O)(C(=O)OC(C)(C(=O)O)C(=O)O)S(=O)(=O)O. The lowest BCUT2D eigenvalue weighted by atomic mass is 9.95. The Bertz CT molecular complexity index is 844. The van der Waals surface area contributed by atoms with Crippen molar-refractivity contribution in [3.8, 4) is 0 Å². The molecule has 0 radical (unpaired) electrons. The number of primary amides is 1. The van der Waals surface area contributed by atoms with Crippen molar-refractivity contribution in [1.29, 1.82) is 0 Å². The molecule has 222 valence electrons. The maximum absolute atomic E-state index is 12.8. The predicted molar refractivity (Wildman–Crippen MR) is 142 cm³/mol. The van der Waals surface area contributed by atoms with E-state index in [2.05, 4.69) is 11.7 Å². The van der Waals surface area contributed by atoms with E-state index in [0.29, 0.717) is 19.8 Å². The molecular weight excluding hydrogens is 518 g/mol. The average Bonchev–Trinajstić information content (AvgIpc) is 2.81. The normalized spacial score (nSPS) is 13.6. The van der Waals surface area contributed by atoms with Gasteiger partial charge in [-0.05, 0) is 13.3 Å². The van der Waals surface area contributed by atoms with Crippen molar-refractivity contribution in [3.05, 3.63) is 0 Å². The second-order valence-corrected chi connectivity index (χ2v) is 11.9. The van der Waals surface area contributed by atoms with Gasteiger partial charge < -0.3 is 20.7 Å². The number of hydrogen-bond acceptors (Lipinski definition) is 7. The molecule has 0 bridgehead atoms. The zero-order valence-electron chi connectivity index (χ0n) is 22.9. The average molecular weight is 566 g/mol. The van der Waals surface area contributed by atoms with Gasteiger partial charge in [-0.1, -0.05) is 110 Å². The summed E-state index contributed by atoms with van der Waals surface area (Å²) in [4.78, 5) is 47.1. The Morgan fingerprint density at radius 1 is 0.711 bits per heavy atom. The summed E-state index contributed by atoms with van der Waals surface area (Å²) in [7, 11) is -5.33. The molecule has 0 aromatic heterocycles. The van der Waals surface area contributed by atoms with Crippen LogP contribution in [0, 0.1) is 0 Å². The van der Waals surface area contributed by atoms with E-state index in [0.717, 1.165) is 25.7 Å². The number of esters is 1. The summed E-state index contributed by atoms with van der Waals surface area (Å²) >= 11 is 0. The van der Waals surface area contributed by atoms with Crippen molar-refractivity contribution in [2.24, 2.45) is 5.73 Å². The fraction of sp³-hybridized carbons (Fsp3) is 0.846. The van der Waals surface area contributed by atoms with Gasteiger partial charge in [0.2, 0.25) is 10.7 Å². The molecule has 11 nitrogen and oxygen atoms in total. The number of nitrogens with two attached hydrogens (primary N) is 1. The highest BCUT2D eigenvalue weighted by Gasteiger charge is 2.57. The number of amides is 1. The Morgan fingerprint density at radius 2 is 1.05 bits per heavy atom. The van der Waals surface area contributed by atoms with E-state index in [1.807, 2.05) is 0 Å². The molecule has 0 aliphatic carbocycles. The summed E-state index contributed by atoms with van der Waals surface area (Å²) in [6.07, 6.45) is 15.2. The molecule has 0 aliphatic rings.